The zero-order chi connectivity index (χ0) is 19.4. The third-order valence-corrected chi connectivity index (χ3v) is 4.91. The summed E-state index contributed by atoms with van der Waals surface area (Å²) in [6, 6.07) is 15.3. The molecule has 27 heavy (non-hydrogen) atoms. The maximum Gasteiger partial charge on any atom is 0.263 e. The molecular weight excluding hydrogens is 368 g/mol. The molecule has 1 aromatic heterocycles. The Labute approximate surface area is 155 Å². The summed E-state index contributed by atoms with van der Waals surface area (Å²) in [6.07, 6.45) is 0. The van der Waals surface area contributed by atoms with Crippen molar-refractivity contribution in [3.8, 4) is 6.07 Å². The van der Waals surface area contributed by atoms with E-state index in [1.54, 1.807) is 31.2 Å². The Kier molecular flexibility index (Phi) is 4.92. The van der Waals surface area contributed by atoms with Gasteiger partial charge in [-0.3, -0.25) is 9.52 Å². The lowest BCUT2D eigenvalue weighted by Gasteiger charge is -2.08. The van der Waals surface area contributed by atoms with Gasteiger partial charge in [-0.15, -0.1) is 0 Å². The molecule has 0 aliphatic rings. The van der Waals surface area contributed by atoms with Crippen LogP contribution in [0.15, 0.2) is 64.0 Å². The molecule has 0 aliphatic carbocycles. The molecule has 3 rings (SSSR count). The van der Waals surface area contributed by atoms with E-state index in [2.05, 4.69) is 15.2 Å². The van der Waals surface area contributed by atoms with E-state index in [1.807, 2.05) is 6.07 Å². The van der Waals surface area contributed by atoms with E-state index in [0.717, 1.165) is 0 Å². The molecule has 0 spiro atoms. The molecule has 3 aromatic rings. The third kappa shape index (κ3) is 4.31. The van der Waals surface area contributed by atoms with E-state index >= 15 is 0 Å². The highest BCUT2D eigenvalue weighted by Gasteiger charge is 2.17. The van der Waals surface area contributed by atoms with Crippen LogP contribution in [0.3, 0.4) is 0 Å². The Morgan fingerprint density at radius 1 is 1.15 bits per heavy atom. The summed E-state index contributed by atoms with van der Waals surface area (Å²) in [6.45, 7) is 1.64. The first-order valence-electron chi connectivity index (χ1n) is 7.75. The van der Waals surface area contributed by atoms with Gasteiger partial charge in [0.15, 0.2) is 5.82 Å². The van der Waals surface area contributed by atoms with Crippen LogP contribution in [-0.2, 0) is 10.0 Å². The summed E-state index contributed by atoms with van der Waals surface area (Å²) >= 11 is 0. The number of rotatable bonds is 5. The maximum absolute atomic E-state index is 12.3. The summed E-state index contributed by atoms with van der Waals surface area (Å²) in [5.74, 6) is 0.126. The lowest BCUT2D eigenvalue weighted by Crippen LogP contribution is -2.15. The minimum atomic E-state index is -3.85. The number of hydrogen-bond acceptors (Lipinski definition) is 6. The molecule has 0 bridgehead atoms. The van der Waals surface area contributed by atoms with E-state index in [1.165, 1.54) is 30.3 Å². The van der Waals surface area contributed by atoms with Crippen LogP contribution >= 0.6 is 0 Å². The standard InChI is InChI=1S/C18H14N4O4S/c1-12-9-17(21-26-12)22-27(24,25)16-7-5-14(6-8-16)18(23)20-15-4-2-3-13(10-15)11-19/h2-10H,1H3,(H,20,23)(H,21,22). The molecule has 0 saturated carbocycles. The molecule has 0 aliphatic heterocycles. The van der Waals surface area contributed by atoms with Gasteiger partial charge in [-0.05, 0) is 49.4 Å². The fraction of sp³-hybridized carbons (Fsp3) is 0.0556. The summed E-state index contributed by atoms with van der Waals surface area (Å²) in [4.78, 5) is 12.3. The Morgan fingerprint density at radius 2 is 1.89 bits per heavy atom. The van der Waals surface area contributed by atoms with Crippen molar-refractivity contribution >= 4 is 27.4 Å². The van der Waals surface area contributed by atoms with Crippen LogP contribution in [0.4, 0.5) is 11.5 Å². The van der Waals surface area contributed by atoms with Crippen molar-refractivity contribution in [3.05, 3.63) is 71.5 Å². The van der Waals surface area contributed by atoms with Crippen molar-refractivity contribution in [2.24, 2.45) is 0 Å². The first-order valence-corrected chi connectivity index (χ1v) is 9.23. The van der Waals surface area contributed by atoms with Gasteiger partial charge in [0.2, 0.25) is 0 Å². The summed E-state index contributed by atoms with van der Waals surface area (Å²) in [5.41, 5.74) is 1.16. The van der Waals surface area contributed by atoms with Crippen LogP contribution in [0.1, 0.15) is 21.7 Å². The van der Waals surface area contributed by atoms with Crippen LogP contribution in [0.25, 0.3) is 0 Å². The molecule has 8 nitrogen and oxygen atoms in total. The topological polar surface area (TPSA) is 125 Å². The largest absolute Gasteiger partial charge is 0.360 e. The van der Waals surface area contributed by atoms with Gasteiger partial charge in [-0.25, -0.2) is 8.42 Å². The number of benzene rings is 2. The Morgan fingerprint density at radius 3 is 2.52 bits per heavy atom. The smallest absolute Gasteiger partial charge is 0.263 e. The van der Waals surface area contributed by atoms with Crippen LogP contribution in [0.5, 0.6) is 0 Å². The number of nitrogens with zero attached hydrogens (tertiary/aromatic N) is 2. The fourth-order valence-electron chi connectivity index (χ4n) is 2.27. The molecule has 0 unspecified atom stereocenters. The van der Waals surface area contributed by atoms with Crippen molar-refractivity contribution in [2.45, 2.75) is 11.8 Å². The zero-order valence-electron chi connectivity index (χ0n) is 14.1. The van der Waals surface area contributed by atoms with E-state index < -0.39 is 15.9 Å². The second-order valence-corrected chi connectivity index (χ2v) is 7.28. The molecule has 1 heterocycles. The van der Waals surface area contributed by atoms with Crippen LogP contribution in [0.2, 0.25) is 0 Å². The highest BCUT2D eigenvalue weighted by molar-refractivity contribution is 7.92. The number of nitrogens with one attached hydrogen (secondary N) is 2. The van der Waals surface area contributed by atoms with Gasteiger partial charge in [0.25, 0.3) is 15.9 Å². The number of carbonyl (C=O) groups is 1. The number of amides is 1. The monoisotopic (exact) mass is 382 g/mol. The van der Waals surface area contributed by atoms with Gasteiger partial charge in [0.1, 0.15) is 5.76 Å². The predicted molar refractivity (Wildman–Crippen MR) is 97.6 cm³/mol. The summed E-state index contributed by atoms with van der Waals surface area (Å²) < 4.78 is 31.8. The van der Waals surface area contributed by atoms with E-state index in [-0.39, 0.29) is 16.3 Å². The zero-order valence-corrected chi connectivity index (χ0v) is 14.9. The average molecular weight is 382 g/mol. The van der Waals surface area contributed by atoms with Gasteiger partial charge < -0.3 is 9.84 Å². The maximum atomic E-state index is 12.3. The average Bonchev–Trinajstić information content (AvgIpc) is 3.06. The van der Waals surface area contributed by atoms with Crippen molar-refractivity contribution < 1.29 is 17.7 Å². The van der Waals surface area contributed by atoms with Crippen molar-refractivity contribution in [3.63, 3.8) is 0 Å². The number of hydrogen-bond donors (Lipinski definition) is 2. The minimum absolute atomic E-state index is 0.0221. The third-order valence-electron chi connectivity index (χ3n) is 3.54. The number of nitriles is 1. The first-order chi connectivity index (χ1) is 12.9. The van der Waals surface area contributed by atoms with E-state index in [4.69, 9.17) is 9.78 Å². The van der Waals surface area contributed by atoms with Gasteiger partial charge in [-0.2, -0.15) is 5.26 Å². The molecule has 136 valence electrons. The second kappa shape index (κ2) is 7.31. The quantitative estimate of drug-likeness (QED) is 0.699. The molecule has 0 fully saturated rings. The summed E-state index contributed by atoms with van der Waals surface area (Å²) in [5, 5.41) is 15.1. The predicted octanol–water partition coefficient (Wildman–Crippen LogP) is 2.91. The molecule has 0 atom stereocenters. The van der Waals surface area contributed by atoms with Crippen LogP contribution in [-0.4, -0.2) is 19.5 Å². The van der Waals surface area contributed by atoms with E-state index in [9.17, 15) is 13.2 Å². The number of anilines is 2. The van der Waals surface area contributed by atoms with Gasteiger partial charge >= 0.3 is 0 Å². The molecule has 1 amide bonds. The van der Waals surface area contributed by atoms with Crippen LogP contribution in [0, 0.1) is 18.3 Å². The van der Waals surface area contributed by atoms with Gasteiger partial charge in [0.05, 0.1) is 16.5 Å². The first kappa shape index (κ1) is 18.2. The number of carbonyl (C=O) groups excluding carboxylic acids is 1. The molecule has 0 saturated heterocycles. The number of aryl methyl sites for hydroxylation is 1. The molecule has 9 heteroatoms. The SMILES string of the molecule is Cc1cc(NS(=O)(=O)c2ccc(C(=O)Nc3cccc(C#N)c3)cc2)no1. The molecule has 2 N–H and O–H groups in total. The van der Waals surface area contributed by atoms with Crippen molar-refractivity contribution in [2.75, 3.05) is 10.0 Å². The highest BCUT2D eigenvalue weighted by Crippen LogP contribution is 2.17. The Hall–Kier alpha value is -3.64. The van der Waals surface area contributed by atoms with Gasteiger partial charge in [0, 0.05) is 17.3 Å². The normalized spacial score (nSPS) is 10.8. The van der Waals surface area contributed by atoms with Crippen molar-refractivity contribution in [1.82, 2.24) is 5.16 Å². The molecular formula is C18H14N4O4S. The minimum Gasteiger partial charge on any atom is -0.360 e. The lowest BCUT2D eigenvalue weighted by atomic mass is 10.2. The van der Waals surface area contributed by atoms with Crippen molar-refractivity contribution in [1.29, 1.82) is 5.26 Å². The summed E-state index contributed by atoms with van der Waals surface area (Å²) in [7, 11) is -3.85. The van der Waals surface area contributed by atoms with Crippen LogP contribution < -0.4 is 10.0 Å². The highest BCUT2D eigenvalue weighted by atomic mass is 32.2. The van der Waals surface area contributed by atoms with Gasteiger partial charge in [-0.1, -0.05) is 11.2 Å². The van der Waals surface area contributed by atoms with E-state index in [0.29, 0.717) is 17.0 Å². The fourth-order valence-corrected chi connectivity index (χ4v) is 3.25. The Bertz CT molecular complexity index is 1130. The number of aromatic nitrogens is 1. The molecule has 0 radical (unpaired) electrons. The second-order valence-electron chi connectivity index (χ2n) is 5.60. The Balaban J connectivity index is 1.74. The molecule has 2 aromatic carbocycles. The lowest BCUT2D eigenvalue weighted by molar-refractivity contribution is 0.102. The number of sulfonamides is 1.